The summed E-state index contributed by atoms with van der Waals surface area (Å²) in [5.74, 6) is -0.535. The standard InChI is InChI=1S/C20H19ClN4O4S2/c1-4-29-19(28)15-10(2)16(11(3)26)31-18(15)22-14(27)9-30-20-23-17(24-25-20)12-5-7-13(21)8-6-12/h5-8H,4,9H2,1-3H3,(H,22,27)(H,23,24,25). The molecule has 0 aliphatic rings. The van der Waals surface area contributed by atoms with E-state index in [0.717, 1.165) is 28.7 Å². The zero-order valence-electron chi connectivity index (χ0n) is 16.9. The van der Waals surface area contributed by atoms with Gasteiger partial charge in [0.15, 0.2) is 11.6 Å². The second-order valence-electron chi connectivity index (χ2n) is 6.35. The molecule has 0 unspecified atom stereocenters. The molecule has 1 amide bonds. The summed E-state index contributed by atoms with van der Waals surface area (Å²) in [7, 11) is 0. The van der Waals surface area contributed by atoms with Crippen LogP contribution in [0.4, 0.5) is 5.00 Å². The van der Waals surface area contributed by atoms with Crippen LogP contribution >= 0.6 is 34.7 Å². The molecule has 0 bridgehead atoms. The van der Waals surface area contributed by atoms with Crippen molar-refractivity contribution in [2.24, 2.45) is 0 Å². The quantitative estimate of drug-likeness (QED) is 0.276. The van der Waals surface area contributed by atoms with Gasteiger partial charge in [-0.1, -0.05) is 23.4 Å². The summed E-state index contributed by atoms with van der Waals surface area (Å²) in [5.41, 5.74) is 1.52. The van der Waals surface area contributed by atoms with E-state index >= 15 is 0 Å². The Hall–Kier alpha value is -2.69. The number of carbonyl (C=O) groups excluding carboxylic acids is 3. The fourth-order valence-electron chi connectivity index (χ4n) is 2.73. The Morgan fingerprint density at radius 1 is 1.26 bits per heavy atom. The summed E-state index contributed by atoms with van der Waals surface area (Å²) in [5, 5.41) is 10.9. The Kier molecular flexibility index (Phi) is 7.47. The second-order valence-corrected chi connectivity index (χ2v) is 8.75. The average Bonchev–Trinajstić information content (AvgIpc) is 3.32. The van der Waals surface area contributed by atoms with Gasteiger partial charge in [0.25, 0.3) is 0 Å². The number of anilines is 1. The second kappa shape index (κ2) is 10.1. The van der Waals surface area contributed by atoms with E-state index in [1.54, 1.807) is 26.0 Å². The minimum Gasteiger partial charge on any atom is -0.462 e. The summed E-state index contributed by atoms with van der Waals surface area (Å²) in [4.78, 5) is 41.4. The number of halogens is 1. The molecule has 3 aromatic rings. The molecule has 162 valence electrons. The van der Waals surface area contributed by atoms with Crippen LogP contribution in [0, 0.1) is 6.92 Å². The maximum atomic E-state index is 12.5. The van der Waals surface area contributed by atoms with Crippen LogP contribution in [-0.4, -0.2) is 45.2 Å². The molecular weight excluding hydrogens is 460 g/mol. The number of ether oxygens (including phenoxy) is 1. The fraction of sp³-hybridized carbons (Fsp3) is 0.250. The van der Waals surface area contributed by atoms with Gasteiger partial charge in [-0.05, 0) is 50.6 Å². The molecule has 0 aliphatic heterocycles. The number of hydrogen-bond donors (Lipinski definition) is 2. The van der Waals surface area contributed by atoms with Crippen molar-refractivity contribution in [3.8, 4) is 11.4 Å². The van der Waals surface area contributed by atoms with Crippen LogP contribution in [-0.2, 0) is 9.53 Å². The van der Waals surface area contributed by atoms with Crippen LogP contribution < -0.4 is 5.32 Å². The summed E-state index contributed by atoms with van der Waals surface area (Å²) in [6.07, 6.45) is 0. The molecule has 2 aromatic heterocycles. The lowest BCUT2D eigenvalue weighted by atomic mass is 10.1. The zero-order valence-corrected chi connectivity index (χ0v) is 19.3. The number of benzene rings is 1. The third kappa shape index (κ3) is 5.52. The Labute approximate surface area is 191 Å². The maximum Gasteiger partial charge on any atom is 0.341 e. The minimum absolute atomic E-state index is 0.0204. The molecule has 0 radical (unpaired) electrons. The Morgan fingerprint density at radius 3 is 2.61 bits per heavy atom. The van der Waals surface area contributed by atoms with Gasteiger partial charge in [0.1, 0.15) is 5.00 Å². The van der Waals surface area contributed by atoms with Gasteiger partial charge in [-0.2, -0.15) is 0 Å². The van der Waals surface area contributed by atoms with Gasteiger partial charge < -0.3 is 10.1 Å². The number of esters is 1. The molecule has 2 heterocycles. The first-order valence-corrected chi connectivity index (χ1v) is 11.4. The number of H-pyrrole nitrogens is 1. The largest absolute Gasteiger partial charge is 0.462 e. The van der Waals surface area contributed by atoms with E-state index in [2.05, 4.69) is 20.5 Å². The van der Waals surface area contributed by atoms with E-state index in [1.165, 1.54) is 6.92 Å². The third-order valence-electron chi connectivity index (χ3n) is 4.11. The molecule has 3 rings (SSSR count). The van der Waals surface area contributed by atoms with Crippen molar-refractivity contribution in [3.63, 3.8) is 0 Å². The van der Waals surface area contributed by atoms with E-state index < -0.39 is 5.97 Å². The monoisotopic (exact) mass is 478 g/mol. The summed E-state index contributed by atoms with van der Waals surface area (Å²) >= 11 is 8.09. The molecule has 0 saturated carbocycles. The van der Waals surface area contributed by atoms with Crippen molar-refractivity contribution >= 4 is 57.4 Å². The van der Waals surface area contributed by atoms with Crippen molar-refractivity contribution in [1.29, 1.82) is 0 Å². The lowest BCUT2D eigenvalue weighted by molar-refractivity contribution is -0.113. The van der Waals surface area contributed by atoms with E-state index in [1.807, 2.05) is 12.1 Å². The number of thioether (sulfide) groups is 1. The average molecular weight is 479 g/mol. The number of hydrogen-bond acceptors (Lipinski definition) is 8. The lowest BCUT2D eigenvalue weighted by Crippen LogP contribution is -2.16. The number of aromatic nitrogens is 3. The molecule has 31 heavy (non-hydrogen) atoms. The number of rotatable bonds is 8. The number of thiophene rings is 1. The Bertz CT molecular complexity index is 1120. The number of Topliss-reactive ketones (excluding diaryl/α,β-unsaturated/α-hetero) is 1. The van der Waals surface area contributed by atoms with Crippen molar-refractivity contribution in [1.82, 2.24) is 15.2 Å². The van der Waals surface area contributed by atoms with Gasteiger partial charge in [-0.15, -0.1) is 16.4 Å². The number of amides is 1. The van der Waals surface area contributed by atoms with Gasteiger partial charge >= 0.3 is 5.97 Å². The van der Waals surface area contributed by atoms with E-state index in [0.29, 0.717) is 31.4 Å². The fourth-order valence-corrected chi connectivity index (χ4v) is 4.56. The highest BCUT2D eigenvalue weighted by Crippen LogP contribution is 2.34. The maximum absolute atomic E-state index is 12.5. The predicted octanol–water partition coefficient (Wildman–Crippen LogP) is 4.61. The van der Waals surface area contributed by atoms with Crippen LogP contribution in [0.2, 0.25) is 5.02 Å². The van der Waals surface area contributed by atoms with Crippen LogP contribution in [0.15, 0.2) is 29.4 Å². The van der Waals surface area contributed by atoms with Crippen molar-refractivity contribution in [2.75, 3.05) is 17.7 Å². The van der Waals surface area contributed by atoms with E-state index in [-0.39, 0.29) is 29.6 Å². The molecule has 0 fully saturated rings. The minimum atomic E-state index is -0.576. The molecule has 0 atom stereocenters. The van der Waals surface area contributed by atoms with Crippen LogP contribution in [0.5, 0.6) is 0 Å². The molecule has 1 aromatic carbocycles. The highest BCUT2D eigenvalue weighted by Gasteiger charge is 2.25. The Morgan fingerprint density at radius 2 is 1.97 bits per heavy atom. The van der Waals surface area contributed by atoms with Gasteiger partial charge in [0, 0.05) is 10.6 Å². The van der Waals surface area contributed by atoms with Gasteiger partial charge in [0.05, 0.1) is 22.8 Å². The first-order chi connectivity index (χ1) is 14.8. The number of carbonyl (C=O) groups is 3. The van der Waals surface area contributed by atoms with Crippen molar-refractivity contribution < 1.29 is 19.1 Å². The first kappa shape index (κ1) is 23.0. The van der Waals surface area contributed by atoms with Crippen molar-refractivity contribution in [2.45, 2.75) is 25.9 Å². The van der Waals surface area contributed by atoms with Crippen molar-refractivity contribution in [3.05, 3.63) is 45.3 Å². The number of ketones is 1. The molecule has 2 N–H and O–H groups in total. The van der Waals surface area contributed by atoms with Crippen LogP contribution in [0.3, 0.4) is 0 Å². The van der Waals surface area contributed by atoms with Gasteiger partial charge in [0.2, 0.25) is 11.1 Å². The van der Waals surface area contributed by atoms with Crippen LogP contribution in [0.25, 0.3) is 11.4 Å². The Balaban J connectivity index is 1.68. The molecule has 8 nitrogen and oxygen atoms in total. The number of aromatic amines is 1. The van der Waals surface area contributed by atoms with Gasteiger partial charge in [-0.3, -0.25) is 14.7 Å². The van der Waals surface area contributed by atoms with Crippen LogP contribution in [0.1, 0.15) is 39.4 Å². The van der Waals surface area contributed by atoms with E-state index in [4.69, 9.17) is 16.3 Å². The molecule has 0 spiro atoms. The highest BCUT2D eigenvalue weighted by molar-refractivity contribution is 7.99. The molecule has 11 heteroatoms. The normalized spacial score (nSPS) is 10.7. The summed E-state index contributed by atoms with van der Waals surface area (Å²) < 4.78 is 5.07. The smallest absolute Gasteiger partial charge is 0.341 e. The highest BCUT2D eigenvalue weighted by atomic mass is 35.5. The molecular formula is C20H19ClN4O4S2. The molecule has 0 aliphatic carbocycles. The topological polar surface area (TPSA) is 114 Å². The molecule has 0 saturated heterocycles. The van der Waals surface area contributed by atoms with Gasteiger partial charge in [-0.25, -0.2) is 9.78 Å². The number of nitrogens with one attached hydrogen (secondary N) is 2. The SMILES string of the molecule is CCOC(=O)c1c(NC(=O)CSc2n[nH]c(-c3ccc(Cl)cc3)n2)sc(C(C)=O)c1C. The first-order valence-electron chi connectivity index (χ1n) is 9.22. The summed E-state index contributed by atoms with van der Waals surface area (Å²) in [6, 6.07) is 7.12. The predicted molar refractivity (Wildman–Crippen MR) is 121 cm³/mol. The zero-order chi connectivity index (χ0) is 22.5. The lowest BCUT2D eigenvalue weighted by Gasteiger charge is -2.06. The number of nitrogens with zero attached hydrogens (tertiary/aromatic N) is 2. The third-order valence-corrected chi connectivity index (χ3v) is 6.52. The summed E-state index contributed by atoms with van der Waals surface area (Å²) in [6.45, 7) is 4.95. The van der Waals surface area contributed by atoms with E-state index in [9.17, 15) is 14.4 Å².